The number of hydrogen-bond donors (Lipinski definition) is 0. The molecule has 0 aromatic carbocycles. The van der Waals surface area contributed by atoms with E-state index in [0.717, 1.165) is 25.2 Å². The summed E-state index contributed by atoms with van der Waals surface area (Å²) in [7, 11) is 0. The van der Waals surface area contributed by atoms with Crippen LogP contribution in [0.1, 0.15) is 43.9 Å². The number of thiophene rings is 1. The molecule has 2 rings (SSSR count). The molecular formula is C14H18BrNS. The summed E-state index contributed by atoms with van der Waals surface area (Å²) in [4.78, 5) is 1.34. The average molecular weight is 312 g/mol. The molecule has 1 heterocycles. The van der Waals surface area contributed by atoms with Crippen LogP contribution in [0.15, 0.2) is 15.9 Å². The topological polar surface area (TPSA) is 23.8 Å². The Labute approximate surface area is 116 Å². The number of nitrogens with zero attached hydrogens (tertiary/aromatic N) is 1. The van der Waals surface area contributed by atoms with Gasteiger partial charge in [0.25, 0.3) is 0 Å². The minimum atomic E-state index is -0.0940. The molecule has 0 bridgehead atoms. The van der Waals surface area contributed by atoms with Crippen molar-refractivity contribution in [3.05, 3.63) is 20.8 Å². The van der Waals surface area contributed by atoms with E-state index in [2.05, 4.69) is 41.1 Å². The molecule has 17 heavy (non-hydrogen) atoms. The Morgan fingerprint density at radius 2 is 2.41 bits per heavy atom. The van der Waals surface area contributed by atoms with Gasteiger partial charge in [0.05, 0.1) is 15.3 Å². The van der Waals surface area contributed by atoms with E-state index in [4.69, 9.17) is 0 Å². The van der Waals surface area contributed by atoms with Crippen molar-refractivity contribution in [3.8, 4) is 6.07 Å². The summed E-state index contributed by atoms with van der Waals surface area (Å²) in [5, 5.41) is 9.57. The first-order valence-electron chi connectivity index (χ1n) is 6.33. The van der Waals surface area contributed by atoms with Gasteiger partial charge in [-0.15, -0.1) is 11.3 Å². The Morgan fingerprint density at radius 1 is 1.59 bits per heavy atom. The van der Waals surface area contributed by atoms with Crippen LogP contribution in [-0.2, 0) is 6.42 Å². The zero-order valence-corrected chi connectivity index (χ0v) is 12.6. The van der Waals surface area contributed by atoms with Gasteiger partial charge in [0.15, 0.2) is 0 Å². The van der Waals surface area contributed by atoms with Crippen LogP contribution in [-0.4, -0.2) is 0 Å². The third-order valence-electron chi connectivity index (χ3n) is 3.90. The molecule has 0 amide bonds. The first-order valence-corrected chi connectivity index (χ1v) is 7.94. The molecule has 1 saturated carbocycles. The van der Waals surface area contributed by atoms with E-state index in [1.807, 2.05) is 0 Å². The van der Waals surface area contributed by atoms with E-state index < -0.39 is 0 Å². The highest BCUT2D eigenvalue weighted by molar-refractivity contribution is 9.11. The van der Waals surface area contributed by atoms with Gasteiger partial charge in [-0.2, -0.15) is 5.26 Å². The van der Waals surface area contributed by atoms with Crippen molar-refractivity contribution < 1.29 is 0 Å². The van der Waals surface area contributed by atoms with Crippen molar-refractivity contribution in [2.24, 2.45) is 11.3 Å². The summed E-state index contributed by atoms with van der Waals surface area (Å²) in [5.74, 6) is 0.756. The van der Waals surface area contributed by atoms with E-state index in [0.29, 0.717) is 0 Å². The number of hydrogen-bond acceptors (Lipinski definition) is 2. The normalized spacial score (nSPS) is 28.9. The largest absolute Gasteiger partial charge is 0.198 e. The van der Waals surface area contributed by atoms with Crippen LogP contribution in [0.2, 0.25) is 0 Å². The molecule has 1 aromatic heterocycles. The molecule has 2 atom stereocenters. The quantitative estimate of drug-likeness (QED) is 0.756. The molecule has 1 nitrogen and oxygen atoms in total. The van der Waals surface area contributed by atoms with Crippen LogP contribution in [0.25, 0.3) is 0 Å². The predicted octanol–water partition coefficient (Wildman–Crippen LogP) is 5.16. The highest BCUT2D eigenvalue weighted by Gasteiger charge is 2.36. The van der Waals surface area contributed by atoms with Gasteiger partial charge in [-0.1, -0.05) is 26.2 Å². The second-order valence-electron chi connectivity index (χ2n) is 5.15. The SMILES string of the molecule is CCC1CCCC(C#N)(Cc2ccc(Br)s2)C1. The molecule has 1 aliphatic carbocycles. The third kappa shape index (κ3) is 3.11. The summed E-state index contributed by atoms with van der Waals surface area (Å²) < 4.78 is 1.17. The average Bonchev–Trinajstić information content (AvgIpc) is 2.75. The van der Waals surface area contributed by atoms with Crippen molar-refractivity contribution in [2.75, 3.05) is 0 Å². The molecule has 0 N–H and O–H groups in total. The second-order valence-corrected chi connectivity index (χ2v) is 7.69. The maximum atomic E-state index is 9.57. The first-order chi connectivity index (χ1) is 8.17. The fourth-order valence-corrected chi connectivity index (χ4v) is 4.54. The highest BCUT2D eigenvalue weighted by atomic mass is 79.9. The first kappa shape index (κ1) is 13.1. The van der Waals surface area contributed by atoms with Crippen molar-refractivity contribution in [2.45, 2.75) is 45.4 Å². The van der Waals surface area contributed by atoms with E-state index in [9.17, 15) is 5.26 Å². The van der Waals surface area contributed by atoms with Crippen molar-refractivity contribution in [1.29, 1.82) is 5.26 Å². The van der Waals surface area contributed by atoms with Crippen LogP contribution in [0.5, 0.6) is 0 Å². The molecule has 1 aliphatic rings. The lowest BCUT2D eigenvalue weighted by Crippen LogP contribution is -2.29. The molecule has 92 valence electrons. The van der Waals surface area contributed by atoms with Crippen LogP contribution in [0, 0.1) is 22.7 Å². The summed E-state index contributed by atoms with van der Waals surface area (Å²) in [6.45, 7) is 2.25. The minimum absolute atomic E-state index is 0.0940. The summed E-state index contributed by atoms with van der Waals surface area (Å²) >= 11 is 5.27. The second kappa shape index (κ2) is 5.54. The Bertz CT molecular complexity index is 420. The van der Waals surface area contributed by atoms with Gasteiger partial charge in [-0.3, -0.25) is 0 Å². The Hall–Kier alpha value is -0.330. The third-order valence-corrected chi connectivity index (χ3v) is 5.53. The fourth-order valence-electron chi connectivity index (χ4n) is 2.92. The maximum absolute atomic E-state index is 9.57. The number of rotatable bonds is 3. The van der Waals surface area contributed by atoms with Crippen molar-refractivity contribution in [1.82, 2.24) is 0 Å². The van der Waals surface area contributed by atoms with Gasteiger partial charge < -0.3 is 0 Å². The molecule has 2 unspecified atom stereocenters. The number of halogens is 1. The van der Waals surface area contributed by atoms with Crippen LogP contribution < -0.4 is 0 Å². The van der Waals surface area contributed by atoms with Crippen LogP contribution in [0.3, 0.4) is 0 Å². The van der Waals surface area contributed by atoms with Gasteiger partial charge >= 0.3 is 0 Å². The molecule has 1 aromatic rings. The Balaban J connectivity index is 2.12. The summed E-state index contributed by atoms with van der Waals surface area (Å²) in [6, 6.07) is 6.88. The van der Waals surface area contributed by atoms with E-state index in [-0.39, 0.29) is 5.41 Å². The van der Waals surface area contributed by atoms with Crippen LogP contribution in [0.4, 0.5) is 0 Å². The highest BCUT2D eigenvalue weighted by Crippen LogP contribution is 2.43. The van der Waals surface area contributed by atoms with E-state index in [1.165, 1.54) is 27.9 Å². The van der Waals surface area contributed by atoms with E-state index in [1.54, 1.807) is 11.3 Å². The van der Waals surface area contributed by atoms with Gasteiger partial charge in [0.2, 0.25) is 0 Å². The predicted molar refractivity (Wildman–Crippen MR) is 76.0 cm³/mol. The summed E-state index contributed by atoms with van der Waals surface area (Å²) in [5.41, 5.74) is -0.0940. The lowest BCUT2D eigenvalue weighted by atomic mass is 9.68. The molecular weight excluding hydrogens is 294 g/mol. The molecule has 3 heteroatoms. The maximum Gasteiger partial charge on any atom is 0.0701 e. The fraction of sp³-hybridized carbons (Fsp3) is 0.643. The van der Waals surface area contributed by atoms with Crippen LogP contribution >= 0.6 is 27.3 Å². The zero-order chi connectivity index (χ0) is 12.3. The van der Waals surface area contributed by atoms with Crippen molar-refractivity contribution >= 4 is 27.3 Å². The lowest BCUT2D eigenvalue weighted by molar-refractivity contribution is 0.195. The van der Waals surface area contributed by atoms with Gasteiger partial charge in [-0.25, -0.2) is 0 Å². The van der Waals surface area contributed by atoms with Gasteiger partial charge in [-0.05, 0) is 46.8 Å². The Morgan fingerprint density at radius 3 is 3.00 bits per heavy atom. The zero-order valence-electron chi connectivity index (χ0n) is 10.2. The van der Waals surface area contributed by atoms with Crippen molar-refractivity contribution in [3.63, 3.8) is 0 Å². The van der Waals surface area contributed by atoms with E-state index >= 15 is 0 Å². The van der Waals surface area contributed by atoms with Gasteiger partial charge in [0.1, 0.15) is 0 Å². The minimum Gasteiger partial charge on any atom is -0.198 e. The Kier molecular flexibility index (Phi) is 4.27. The van der Waals surface area contributed by atoms with Gasteiger partial charge in [0, 0.05) is 11.3 Å². The molecule has 1 fully saturated rings. The molecule has 0 radical (unpaired) electrons. The monoisotopic (exact) mass is 311 g/mol. The molecule has 0 saturated heterocycles. The number of nitriles is 1. The smallest absolute Gasteiger partial charge is 0.0701 e. The standard InChI is InChI=1S/C14H18BrNS/c1-2-11-4-3-7-14(8-11,10-16)9-12-5-6-13(15)17-12/h5-6,11H,2-4,7-9H2,1H3. The lowest BCUT2D eigenvalue weighted by Gasteiger charge is -2.35. The molecule has 0 spiro atoms. The summed E-state index contributed by atoms with van der Waals surface area (Å²) in [6.07, 6.45) is 6.87. The molecule has 0 aliphatic heterocycles.